The smallest absolute Gasteiger partial charge is 0.319 e. The molecule has 2 aromatic heterocycles. The molecule has 6 heteroatoms. The topological polar surface area (TPSA) is 72.9 Å². The molecule has 3 aromatic rings. The van der Waals surface area contributed by atoms with Crippen molar-refractivity contribution in [3.05, 3.63) is 42.7 Å². The molecule has 0 saturated heterocycles. The Hall–Kier alpha value is -2.89. The number of nitrogens with zero attached hydrogens (tertiary/aromatic N) is 3. The molecule has 0 atom stereocenters. The van der Waals surface area contributed by atoms with Gasteiger partial charge in [0.25, 0.3) is 0 Å². The molecule has 0 aliphatic rings. The summed E-state index contributed by atoms with van der Waals surface area (Å²) in [5.74, 6) is 0.476. The van der Waals surface area contributed by atoms with Crippen molar-refractivity contribution >= 4 is 0 Å². The molecular weight excluding hydrogens is 268 g/mol. The molecule has 0 unspecified atom stereocenters. The van der Waals surface area contributed by atoms with Crippen LogP contribution in [0.2, 0.25) is 0 Å². The molecule has 1 aromatic carbocycles. The Morgan fingerprint density at radius 1 is 1.05 bits per heavy atom. The number of aromatic amines is 1. The standard InChI is InChI=1S/C15H14N4O2/c1-20-14-12(9-16-15(18-14)21-2)10-4-3-5-11(8-10)13-6-7-17-19-13/h3-9H,1-2H3,(H,17,19). The first kappa shape index (κ1) is 13.1. The minimum atomic E-state index is 0.278. The zero-order chi connectivity index (χ0) is 14.7. The molecule has 2 heterocycles. The lowest BCUT2D eigenvalue weighted by molar-refractivity contribution is 0.353. The van der Waals surface area contributed by atoms with Crippen LogP contribution < -0.4 is 9.47 Å². The van der Waals surface area contributed by atoms with Crippen molar-refractivity contribution in [2.45, 2.75) is 0 Å². The Morgan fingerprint density at radius 2 is 1.90 bits per heavy atom. The van der Waals surface area contributed by atoms with Crippen LogP contribution in [-0.2, 0) is 0 Å². The summed E-state index contributed by atoms with van der Waals surface area (Å²) in [6.45, 7) is 0. The minimum Gasteiger partial charge on any atom is -0.480 e. The summed E-state index contributed by atoms with van der Waals surface area (Å²) >= 11 is 0. The predicted octanol–water partition coefficient (Wildman–Crippen LogP) is 2.55. The Bertz CT molecular complexity index is 741. The Labute approximate surface area is 121 Å². The fourth-order valence-electron chi connectivity index (χ4n) is 2.07. The number of rotatable bonds is 4. The molecule has 0 saturated carbocycles. The van der Waals surface area contributed by atoms with Gasteiger partial charge in [0.05, 0.1) is 25.5 Å². The van der Waals surface area contributed by atoms with Crippen LogP contribution in [-0.4, -0.2) is 34.4 Å². The third kappa shape index (κ3) is 2.55. The molecule has 0 spiro atoms. The maximum atomic E-state index is 5.32. The first-order chi connectivity index (χ1) is 10.3. The summed E-state index contributed by atoms with van der Waals surface area (Å²) < 4.78 is 10.3. The van der Waals surface area contributed by atoms with Crippen molar-refractivity contribution in [2.75, 3.05) is 14.2 Å². The van der Waals surface area contributed by atoms with E-state index in [4.69, 9.17) is 9.47 Å². The van der Waals surface area contributed by atoms with E-state index in [1.54, 1.807) is 19.5 Å². The van der Waals surface area contributed by atoms with Crippen LogP contribution in [0.5, 0.6) is 11.9 Å². The number of H-pyrrole nitrogens is 1. The zero-order valence-corrected chi connectivity index (χ0v) is 11.7. The van der Waals surface area contributed by atoms with Gasteiger partial charge >= 0.3 is 6.01 Å². The Balaban J connectivity index is 2.06. The van der Waals surface area contributed by atoms with E-state index in [1.807, 2.05) is 30.3 Å². The van der Waals surface area contributed by atoms with E-state index < -0.39 is 0 Å². The lowest BCUT2D eigenvalue weighted by Gasteiger charge is -2.09. The minimum absolute atomic E-state index is 0.278. The zero-order valence-electron chi connectivity index (χ0n) is 11.7. The van der Waals surface area contributed by atoms with Crippen LogP contribution in [0.4, 0.5) is 0 Å². The van der Waals surface area contributed by atoms with Crippen LogP contribution >= 0.6 is 0 Å². The van der Waals surface area contributed by atoms with Crippen molar-refractivity contribution < 1.29 is 9.47 Å². The van der Waals surface area contributed by atoms with Crippen molar-refractivity contribution in [1.82, 2.24) is 20.2 Å². The van der Waals surface area contributed by atoms with Gasteiger partial charge in [0.2, 0.25) is 5.88 Å². The molecule has 6 nitrogen and oxygen atoms in total. The molecule has 106 valence electrons. The highest BCUT2D eigenvalue weighted by Gasteiger charge is 2.11. The second-order valence-corrected chi connectivity index (χ2v) is 4.33. The average Bonchev–Trinajstić information content (AvgIpc) is 3.09. The molecule has 21 heavy (non-hydrogen) atoms. The van der Waals surface area contributed by atoms with Crippen LogP contribution in [0.3, 0.4) is 0 Å². The first-order valence-corrected chi connectivity index (χ1v) is 6.37. The van der Waals surface area contributed by atoms with Gasteiger partial charge in [0.15, 0.2) is 0 Å². The largest absolute Gasteiger partial charge is 0.480 e. The van der Waals surface area contributed by atoms with Gasteiger partial charge in [-0.3, -0.25) is 5.10 Å². The highest BCUT2D eigenvalue weighted by atomic mass is 16.5. The van der Waals surface area contributed by atoms with E-state index in [-0.39, 0.29) is 6.01 Å². The quantitative estimate of drug-likeness (QED) is 0.796. The molecule has 0 aliphatic heterocycles. The monoisotopic (exact) mass is 282 g/mol. The summed E-state index contributed by atoms with van der Waals surface area (Å²) in [7, 11) is 3.09. The van der Waals surface area contributed by atoms with Gasteiger partial charge in [-0.2, -0.15) is 10.1 Å². The van der Waals surface area contributed by atoms with Gasteiger partial charge in [-0.15, -0.1) is 0 Å². The fraction of sp³-hybridized carbons (Fsp3) is 0.133. The SMILES string of the molecule is COc1ncc(-c2cccc(-c3ccn[nH]3)c2)c(OC)n1. The molecule has 0 amide bonds. The number of aromatic nitrogens is 4. The summed E-state index contributed by atoms with van der Waals surface area (Å²) in [5.41, 5.74) is 3.74. The van der Waals surface area contributed by atoms with Crippen LogP contribution in [0.15, 0.2) is 42.7 Å². The molecule has 0 radical (unpaired) electrons. The second kappa shape index (κ2) is 5.62. The number of hydrogen-bond acceptors (Lipinski definition) is 5. The predicted molar refractivity (Wildman–Crippen MR) is 78.2 cm³/mol. The summed E-state index contributed by atoms with van der Waals surface area (Å²) in [6, 6.07) is 10.2. The van der Waals surface area contributed by atoms with Gasteiger partial charge in [0, 0.05) is 18.0 Å². The van der Waals surface area contributed by atoms with Crippen molar-refractivity contribution in [3.63, 3.8) is 0 Å². The van der Waals surface area contributed by atoms with Crippen molar-refractivity contribution in [1.29, 1.82) is 0 Å². The molecule has 0 bridgehead atoms. The number of ether oxygens (including phenoxy) is 2. The molecule has 1 N–H and O–H groups in total. The van der Waals surface area contributed by atoms with Gasteiger partial charge in [-0.25, -0.2) is 4.98 Å². The summed E-state index contributed by atoms with van der Waals surface area (Å²) in [4.78, 5) is 8.34. The Kier molecular flexibility index (Phi) is 3.51. The van der Waals surface area contributed by atoms with E-state index in [1.165, 1.54) is 7.11 Å². The maximum Gasteiger partial charge on any atom is 0.319 e. The average molecular weight is 282 g/mol. The summed E-state index contributed by atoms with van der Waals surface area (Å²) in [6.07, 6.45) is 3.41. The van der Waals surface area contributed by atoms with Gasteiger partial charge in [0.1, 0.15) is 0 Å². The molecule has 3 rings (SSSR count). The van der Waals surface area contributed by atoms with Crippen molar-refractivity contribution in [3.8, 4) is 34.3 Å². The number of hydrogen-bond donors (Lipinski definition) is 1. The molecule has 0 fully saturated rings. The normalized spacial score (nSPS) is 10.4. The molecule has 0 aliphatic carbocycles. The number of benzene rings is 1. The first-order valence-electron chi connectivity index (χ1n) is 6.37. The van der Waals surface area contributed by atoms with E-state index in [9.17, 15) is 0 Å². The van der Waals surface area contributed by atoms with Gasteiger partial charge in [-0.1, -0.05) is 18.2 Å². The highest BCUT2D eigenvalue weighted by molar-refractivity contribution is 5.73. The highest BCUT2D eigenvalue weighted by Crippen LogP contribution is 2.31. The van der Waals surface area contributed by atoms with Crippen LogP contribution in [0.1, 0.15) is 0 Å². The second-order valence-electron chi connectivity index (χ2n) is 4.33. The van der Waals surface area contributed by atoms with Crippen molar-refractivity contribution in [2.24, 2.45) is 0 Å². The van der Waals surface area contributed by atoms with Gasteiger partial charge < -0.3 is 9.47 Å². The lowest BCUT2D eigenvalue weighted by Crippen LogP contribution is -1.97. The molecular formula is C15H14N4O2. The van der Waals surface area contributed by atoms with Gasteiger partial charge in [-0.05, 0) is 17.7 Å². The fourth-order valence-corrected chi connectivity index (χ4v) is 2.07. The van der Waals surface area contributed by atoms with Crippen LogP contribution in [0, 0.1) is 0 Å². The van der Waals surface area contributed by atoms with Crippen LogP contribution in [0.25, 0.3) is 22.4 Å². The lowest BCUT2D eigenvalue weighted by atomic mass is 10.0. The third-order valence-electron chi connectivity index (χ3n) is 3.09. The van der Waals surface area contributed by atoms with E-state index in [2.05, 4.69) is 20.2 Å². The Morgan fingerprint density at radius 3 is 2.62 bits per heavy atom. The van der Waals surface area contributed by atoms with E-state index in [0.29, 0.717) is 5.88 Å². The summed E-state index contributed by atoms with van der Waals surface area (Å²) in [5, 5.41) is 6.91. The van der Waals surface area contributed by atoms with E-state index >= 15 is 0 Å². The number of methoxy groups -OCH3 is 2. The third-order valence-corrected chi connectivity index (χ3v) is 3.09. The maximum absolute atomic E-state index is 5.32. The number of nitrogens with one attached hydrogen (secondary N) is 1. The van der Waals surface area contributed by atoms with E-state index in [0.717, 1.165) is 22.4 Å².